The average molecular weight is 293 g/mol. The maximum absolute atomic E-state index is 11.1. The van der Waals surface area contributed by atoms with Gasteiger partial charge in [0.1, 0.15) is 0 Å². The van der Waals surface area contributed by atoms with Crippen LogP contribution in [0.4, 0.5) is 10.5 Å². The second kappa shape index (κ2) is 9.13. The zero-order valence-corrected chi connectivity index (χ0v) is 12.0. The monoisotopic (exact) mass is 293 g/mol. The van der Waals surface area contributed by atoms with Crippen LogP contribution in [0.1, 0.15) is 24.2 Å². The highest BCUT2D eigenvalue weighted by molar-refractivity contribution is 6.04. The molecule has 0 atom stereocenters. The van der Waals surface area contributed by atoms with Crippen molar-refractivity contribution in [2.24, 2.45) is 5.73 Å². The van der Waals surface area contributed by atoms with Gasteiger partial charge in [0.25, 0.3) is 5.91 Å². The average Bonchev–Trinajstić information content (AvgIpc) is 2.39. The third kappa shape index (κ3) is 8.04. The lowest BCUT2D eigenvalue weighted by Crippen LogP contribution is -2.34. The maximum Gasteiger partial charge on any atom is 0.333 e. The van der Waals surface area contributed by atoms with E-state index in [2.05, 4.69) is 11.3 Å². The Morgan fingerprint density at radius 3 is 2.33 bits per heavy atom. The fraction of sp³-hybridized carbons (Fsp3) is 0.214. The normalized spacial score (nSPS) is 8.86. The molecule has 0 saturated heterocycles. The number of amides is 3. The van der Waals surface area contributed by atoms with E-state index in [0.29, 0.717) is 23.4 Å². The summed E-state index contributed by atoms with van der Waals surface area (Å²) in [7, 11) is 0. The number of hydrogen-bond donors (Lipinski definition) is 3. The third-order valence-corrected chi connectivity index (χ3v) is 2.01. The van der Waals surface area contributed by atoms with Gasteiger partial charge < -0.3 is 16.2 Å². The lowest BCUT2D eigenvalue weighted by Gasteiger charge is -2.00. The van der Waals surface area contributed by atoms with Gasteiger partial charge in [0.15, 0.2) is 0 Å². The van der Waals surface area contributed by atoms with Crippen LogP contribution in [-0.4, -0.2) is 24.5 Å². The van der Waals surface area contributed by atoms with E-state index in [1.807, 2.05) is 5.32 Å². The zero-order chi connectivity index (χ0) is 16.4. The summed E-state index contributed by atoms with van der Waals surface area (Å²) in [5, 5.41) is 1.93. The topological polar surface area (TPSA) is 125 Å². The molecule has 0 heterocycles. The van der Waals surface area contributed by atoms with Crippen LogP contribution in [0.5, 0.6) is 0 Å². The fourth-order valence-electron chi connectivity index (χ4n) is 1.12. The van der Waals surface area contributed by atoms with Crippen molar-refractivity contribution >= 4 is 23.6 Å². The van der Waals surface area contributed by atoms with Crippen LogP contribution in [0.15, 0.2) is 36.4 Å². The van der Waals surface area contributed by atoms with Crippen molar-refractivity contribution in [1.82, 2.24) is 5.32 Å². The third-order valence-electron chi connectivity index (χ3n) is 2.01. The molecule has 1 rings (SSSR count). The molecule has 5 N–H and O–H groups in total. The molecular formula is C14H19N3O4. The van der Waals surface area contributed by atoms with E-state index in [4.69, 9.17) is 11.5 Å². The first-order valence-electron chi connectivity index (χ1n) is 6.06. The number of anilines is 1. The number of primary amides is 1. The highest BCUT2D eigenvalue weighted by Crippen LogP contribution is 2.05. The highest BCUT2D eigenvalue weighted by Gasteiger charge is 2.06. The van der Waals surface area contributed by atoms with E-state index in [1.165, 1.54) is 12.1 Å². The van der Waals surface area contributed by atoms with E-state index in [-0.39, 0.29) is 5.97 Å². The summed E-state index contributed by atoms with van der Waals surface area (Å²) < 4.78 is 4.56. The molecule has 0 bridgehead atoms. The number of imide groups is 1. The first-order valence-corrected chi connectivity index (χ1v) is 6.06. The van der Waals surface area contributed by atoms with Gasteiger partial charge in [-0.25, -0.2) is 9.59 Å². The van der Waals surface area contributed by atoms with Crippen molar-refractivity contribution in [3.8, 4) is 0 Å². The Labute approximate surface area is 122 Å². The van der Waals surface area contributed by atoms with Crippen LogP contribution in [0.25, 0.3) is 0 Å². The second-order valence-corrected chi connectivity index (χ2v) is 3.94. The molecule has 0 saturated carbocycles. The molecule has 3 amide bonds. The standard InChI is InChI=1S/C8H9N3O2.C6H10O2/c9-6-3-1-2-5(4-6)7(12)11-8(10)13;1-4-8-6(7)5(2)3/h1-4H,9H2,(H3,10,11,12,13);2,4H2,1,3H3. The van der Waals surface area contributed by atoms with Gasteiger partial charge in [0.2, 0.25) is 0 Å². The second-order valence-electron chi connectivity index (χ2n) is 3.94. The van der Waals surface area contributed by atoms with Gasteiger partial charge in [-0.2, -0.15) is 0 Å². The van der Waals surface area contributed by atoms with Crippen LogP contribution < -0.4 is 16.8 Å². The van der Waals surface area contributed by atoms with E-state index >= 15 is 0 Å². The van der Waals surface area contributed by atoms with E-state index in [9.17, 15) is 14.4 Å². The molecule has 0 aliphatic carbocycles. The smallest absolute Gasteiger partial charge is 0.333 e. The molecule has 1 aromatic carbocycles. The first-order chi connectivity index (χ1) is 9.77. The molecule has 0 spiro atoms. The Bertz CT molecular complexity index is 541. The van der Waals surface area contributed by atoms with Crippen molar-refractivity contribution in [3.05, 3.63) is 42.0 Å². The molecule has 1 aromatic rings. The molecule has 114 valence electrons. The maximum atomic E-state index is 11.1. The van der Waals surface area contributed by atoms with Crippen molar-refractivity contribution in [2.45, 2.75) is 13.8 Å². The molecule has 0 fully saturated rings. The Kier molecular flexibility index (Phi) is 7.90. The van der Waals surface area contributed by atoms with E-state index < -0.39 is 11.9 Å². The molecule has 7 heteroatoms. The van der Waals surface area contributed by atoms with Gasteiger partial charge in [-0.1, -0.05) is 12.6 Å². The van der Waals surface area contributed by atoms with Crippen LogP contribution >= 0.6 is 0 Å². The quantitative estimate of drug-likeness (QED) is 0.439. The lowest BCUT2D eigenvalue weighted by molar-refractivity contribution is -0.138. The number of ether oxygens (including phenoxy) is 1. The minimum absolute atomic E-state index is 0.304. The molecule has 21 heavy (non-hydrogen) atoms. The minimum atomic E-state index is -0.882. The summed E-state index contributed by atoms with van der Waals surface area (Å²) in [4.78, 5) is 31.9. The zero-order valence-electron chi connectivity index (χ0n) is 12.0. The molecule has 0 unspecified atom stereocenters. The number of hydrogen-bond acceptors (Lipinski definition) is 5. The van der Waals surface area contributed by atoms with Gasteiger partial charge >= 0.3 is 12.0 Å². The minimum Gasteiger partial charge on any atom is -0.463 e. The number of urea groups is 1. The molecule has 7 nitrogen and oxygen atoms in total. The van der Waals surface area contributed by atoms with Gasteiger partial charge in [-0.3, -0.25) is 10.1 Å². The van der Waals surface area contributed by atoms with Gasteiger partial charge in [0.05, 0.1) is 6.61 Å². The van der Waals surface area contributed by atoms with E-state index in [0.717, 1.165) is 0 Å². The number of nitrogen functional groups attached to an aromatic ring is 1. The Hall–Kier alpha value is -2.83. The largest absolute Gasteiger partial charge is 0.463 e. The molecular weight excluding hydrogens is 274 g/mol. The van der Waals surface area contributed by atoms with Gasteiger partial charge in [0, 0.05) is 16.8 Å². The SMILES string of the molecule is C=C(C)C(=O)OCC.NC(=O)NC(=O)c1cccc(N)c1. The summed E-state index contributed by atoms with van der Waals surface area (Å²) in [6.45, 7) is 7.21. The van der Waals surface area contributed by atoms with Crippen molar-refractivity contribution in [1.29, 1.82) is 0 Å². The summed E-state index contributed by atoms with van der Waals surface area (Å²) in [6.07, 6.45) is 0. The highest BCUT2D eigenvalue weighted by atomic mass is 16.5. The molecule has 0 aliphatic rings. The van der Waals surface area contributed by atoms with E-state index in [1.54, 1.807) is 26.0 Å². The number of rotatable bonds is 3. The molecule has 0 aliphatic heterocycles. The van der Waals surface area contributed by atoms with Crippen molar-refractivity contribution < 1.29 is 19.1 Å². The fourth-order valence-corrected chi connectivity index (χ4v) is 1.12. The molecule has 0 radical (unpaired) electrons. The summed E-state index contributed by atoms with van der Waals surface area (Å²) >= 11 is 0. The van der Waals surface area contributed by atoms with Crippen LogP contribution in [0.3, 0.4) is 0 Å². The number of carbonyl (C=O) groups is 3. The number of carbonyl (C=O) groups excluding carboxylic acids is 3. The number of esters is 1. The Balaban J connectivity index is 0.000000433. The number of benzene rings is 1. The number of nitrogens with two attached hydrogens (primary N) is 2. The van der Waals surface area contributed by atoms with Gasteiger partial charge in [-0.15, -0.1) is 0 Å². The Morgan fingerprint density at radius 1 is 1.33 bits per heavy atom. The van der Waals surface area contributed by atoms with Crippen molar-refractivity contribution in [2.75, 3.05) is 12.3 Å². The summed E-state index contributed by atoms with van der Waals surface area (Å²) in [5.41, 5.74) is 11.4. The number of nitrogens with one attached hydrogen (secondary N) is 1. The lowest BCUT2D eigenvalue weighted by atomic mass is 10.2. The van der Waals surface area contributed by atoms with Crippen LogP contribution in [-0.2, 0) is 9.53 Å². The van der Waals surface area contributed by atoms with Crippen LogP contribution in [0.2, 0.25) is 0 Å². The summed E-state index contributed by atoms with van der Waals surface area (Å²) in [5.74, 6) is -0.868. The first kappa shape index (κ1) is 18.2. The van der Waals surface area contributed by atoms with Gasteiger partial charge in [-0.05, 0) is 32.0 Å². The predicted octanol–water partition coefficient (Wildman–Crippen LogP) is 1.20. The molecule has 0 aromatic heterocycles. The predicted molar refractivity (Wildman–Crippen MR) is 79.4 cm³/mol. The summed E-state index contributed by atoms with van der Waals surface area (Å²) in [6, 6.07) is 5.37. The van der Waals surface area contributed by atoms with Crippen LogP contribution in [0, 0.1) is 0 Å². The van der Waals surface area contributed by atoms with Crippen molar-refractivity contribution in [3.63, 3.8) is 0 Å². The Morgan fingerprint density at radius 2 is 1.95 bits per heavy atom.